The molecule has 1 aliphatic carbocycles. The molecule has 0 saturated heterocycles. The third-order valence-corrected chi connectivity index (χ3v) is 7.66. The van der Waals surface area contributed by atoms with Crippen LogP contribution < -0.4 is 0 Å². The Kier molecular flexibility index (Phi) is 11.6. The van der Waals surface area contributed by atoms with Gasteiger partial charge in [0.15, 0.2) is 0 Å². The van der Waals surface area contributed by atoms with Gasteiger partial charge < -0.3 is 9.47 Å². The fourth-order valence-corrected chi connectivity index (χ4v) is 5.26. The van der Waals surface area contributed by atoms with Crippen molar-refractivity contribution in [2.24, 2.45) is 11.3 Å². The lowest BCUT2D eigenvalue weighted by atomic mass is 9.68. The number of hydrogen-bond acceptors (Lipinski definition) is 2. The molecular formula is C22H46O2Si. The van der Waals surface area contributed by atoms with Crippen LogP contribution in [0.3, 0.4) is 0 Å². The van der Waals surface area contributed by atoms with Gasteiger partial charge in [0.1, 0.15) is 0 Å². The standard InChI is InChI=1S/C22H46O2Si/c1-6-8-16-23-19-22(15-18-25(3,4)5,20-24-17-9-7-2)21-13-11-10-12-14-21/h21H,6-20H2,1-5H3. The monoisotopic (exact) mass is 370 g/mol. The maximum atomic E-state index is 6.25. The molecule has 3 heteroatoms. The van der Waals surface area contributed by atoms with Crippen molar-refractivity contribution in [3.63, 3.8) is 0 Å². The average Bonchev–Trinajstić information content (AvgIpc) is 2.60. The van der Waals surface area contributed by atoms with Gasteiger partial charge in [0.2, 0.25) is 0 Å². The molecule has 0 radical (unpaired) electrons. The summed E-state index contributed by atoms with van der Waals surface area (Å²) in [6, 6.07) is 1.40. The summed E-state index contributed by atoms with van der Waals surface area (Å²) in [5, 5.41) is 0. The Hall–Kier alpha value is 0.137. The fourth-order valence-electron chi connectivity index (χ4n) is 4.01. The van der Waals surface area contributed by atoms with Gasteiger partial charge in [-0.1, -0.05) is 71.6 Å². The molecule has 0 amide bonds. The van der Waals surface area contributed by atoms with Gasteiger partial charge in [0.05, 0.1) is 13.2 Å². The molecule has 25 heavy (non-hydrogen) atoms. The van der Waals surface area contributed by atoms with Crippen LogP contribution in [0, 0.1) is 11.3 Å². The number of rotatable bonds is 14. The van der Waals surface area contributed by atoms with Gasteiger partial charge in [-0.15, -0.1) is 0 Å². The van der Waals surface area contributed by atoms with E-state index in [1.807, 2.05) is 0 Å². The van der Waals surface area contributed by atoms with Gasteiger partial charge in [-0.3, -0.25) is 0 Å². The zero-order valence-corrected chi connectivity index (χ0v) is 19.0. The van der Waals surface area contributed by atoms with Crippen molar-refractivity contribution in [2.75, 3.05) is 26.4 Å². The lowest BCUT2D eigenvalue weighted by Gasteiger charge is -2.43. The Morgan fingerprint density at radius 2 is 1.36 bits per heavy atom. The van der Waals surface area contributed by atoms with Crippen LogP contribution in [0.4, 0.5) is 0 Å². The first-order valence-electron chi connectivity index (χ1n) is 11.1. The molecule has 150 valence electrons. The van der Waals surface area contributed by atoms with Crippen molar-refractivity contribution >= 4 is 8.07 Å². The molecule has 1 aliphatic rings. The molecule has 0 N–H and O–H groups in total. The van der Waals surface area contributed by atoms with Crippen LogP contribution in [0.1, 0.15) is 78.1 Å². The molecule has 0 atom stereocenters. The largest absolute Gasteiger partial charge is 0.381 e. The summed E-state index contributed by atoms with van der Waals surface area (Å²) < 4.78 is 12.5. The molecule has 1 saturated carbocycles. The maximum absolute atomic E-state index is 6.25. The summed E-state index contributed by atoms with van der Waals surface area (Å²) in [7, 11) is -1.05. The first-order chi connectivity index (χ1) is 11.9. The number of unbranched alkanes of at least 4 members (excludes halogenated alkanes) is 2. The van der Waals surface area contributed by atoms with Crippen LogP contribution in [0.15, 0.2) is 0 Å². The van der Waals surface area contributed by atoms with E-state index in [0.29, 0.717) is 0 Å². The highest BCUT2D eigenvalue weighted by molar-refractivity contribution is 6.76. The van der Waals surface area contributed by atoms with Crippen LogP contribution >= 0.6 is 0 Å². The second-order valence-electron chi connectivity index (χ2n) is 9.57. The van der Waals surface area contributed by atoms with Crippen molar-refractivity contribution in [3.8, 4) is 0 Å². The van der Waals surface area contributed by atoms with Crippen LogP contribution in [0.5, 0.6) is 0 Å². The van der Waals surface area contributed by atoms with Crippen molar-refractivity contribution in [2.45, 2.75) is 104 Å². The summed E-state index contributed by atoms with van der Waals surface area (Å²) in [6.07, 6.45) is 13.1. The van der Waals surface area contributed by atoms with E-state index < -0.39 is 8.07 Å². The zero-order valence-electron chi connectivity index (χ0n) is 18.0. The van der Waals surface area contributed by atoms with Crippen molar-refractivity contribution in [3.05, 3.63) is 0 Å². The molecule has 0 heterocycles. The Balaban J connectivity index is 2.80. The van der Waals surface area contributed by atoms with E-state index in [2.05, 4.69) is 33.5 Å². The first-order valence-corrected chi connectivity index (χ1v) is 14.8. The first kappa shape index (κ1) is 23.2. The molecule has 2 nitrogen and oxygen atoms in total. The van der Waals surface area contributed by atoms with Crippen LogP contribution in [-0.4, -0.2) is 34.5 Å². The summed E-state index contributed by atoms with van der Waals surface area (Å²) in [5.74, 6) is 0.806. The highest BCUT2D eigenvalue weighted by Crippen LogP contribution is 2.44. The van der Waals surface area contributed by atoms with Gasteiger partial charge in [-0.05, 0) is 38.0 Å². The summed E-state index contributed by atoms with van der Waals surface area (Å²) >= 11 is 0. The molecule has 0 aromatic carbocycles. The number of hydrogen-bond donors (Lipinski definition) is 0. The molecule has 0 aromatic heterocycles. The van der Waals surface area contributed by atoms with Crippen LogP contribution in [0.25, 0.3) is 0 Å². The molecule has 0 unspecified atom stereocenters. The molecule has 1 fully saturated rings. The minimum atomic E-state index is -1.05. The quantitative estimate of drug-likeness (QED) is 0.244. The van der Waals surface area contributed by atoms with E-state index >= 15 is 0 Å². The topological polar surface area (TPSA) is 18.5 Å². The van der Waals surface area contributed by atoms with Crippen LogP contribution in [0.2, 0.25) is 25.7 Å². The zero-order chi connectivity index (χ0) is 18.6. The van der Waals surface area contributed by atoms with Crippen molar-refractivity contribution in [1.82, 2.24) is 0 Å². The molecule has 0 aliphatic heterocycles. The van der Waals surface area contributed by atoms with E-state index in [0.717, 1.165) is 32.3 Å². The van der Waals surface area contributed by atoms with E-state index in [9.17, 15) is 0 Å². The minimum absolute atomic E-state index is 0.266. The number of ether oxygens (including phenoxy) is 2. The van der Waals surface area contributed by atoms with Gasteiger partial charge in [-0.25, -0.2) is 0 Å². The lowest BCUT2D eigenvalue weighted by molar-refractivity contribution is -0.0678. The van der Waals surface area contributed by atoms with E-state index in [4.69, 9.17) is 9.47 Å². The minimum Gasteiger partial charge on any atom is -0.381 e. The highest BCUT2D eigenvalue weighted by atomic mass is 28.3. The molecule has 0 aromatic rings. The third-order valence-electron chi connectivity index (χ3n) is 5.91. The Labute approximate surface area is 159 Å². The average molecular weight is 371 g/mol. The summed E-state index contributed by atoms with van der Waals surface area (Å²) in [5.41, 5.74) is 0.266. The van der Waals surface area contributed by atoms with Crippen molar-refractivity contribution < 1.29 is 9.47 Å². The van der Waals surface area contributed by atoms with Crippen molar-refractivity contribution in [1.29, 1.82) is 0 Å². The van der Waals surface area contributed by atoms with Gasteiger partial charge >= 0.3 is 0 Å². The third kappa shape index (κ3) is 9.58. The smallest absolute Gasteiger partial charge is 0.0547 e. The Bertz CT molecular complexity index is 306. The van der Waals surface area contributed by atoms with Gasteiger partial charge in [-0.2, -0.15) is 0 Å². The highest BCUT2D eigenvalue weighted by Gasteiger charge is 2.40. The fraction of sp³-hybridized carbons (Fsp3) is 1.00. The second-order valence-corrected chi connectivity index (χ2v) is 15.2. The van der Waals surface area contributed by atoms with Crippen LogP contribution in [-0.2, 0) is 9.47 Å². The van der Waals surface area contributed by atoms with E-state index in [-0.39, 0.29) is 5.41 Å². The normalized spacial score (nSPS) is 17.2. The van der Waals surface area contributed by atoms with E-state index in [1.165, 1.54) is 70.3 Å². The Morgan fingerprint density at radius 1 is 0.840 bits per heavy atom. The summed E-state index contributed by atoms with van der Waals surface area (Å²) in [4.78, 5) is 0. The SMILES string of the molecule is CCCCOCC(CC[Si](C)(C)C)(COCCCC)C1CCCCC1. The predicted octanol–water partition coefficient (Wildman–Crippen LogP) is 6.91. The van der Waals surface area contributed by atoms with Gasteiger partial charge in [0.25, 0.3) is 0 Å². The lowest BCUT2D eigenvalue weighted by Crippen LogP contribution is -2.42. The predicted molar refractivity (Wildman–Crippen MR) is 113 cm³/mol. The second kappa shape index (κ2) is 12.5. The summed E-state index contributed by atoms with van der Waals surface area (Å²) in [6.45, 7) is 15.7. The molecule has 0 bridgehead atoms. The Morgan fingerprint density at radius 3 is 1.80 bits per heavy atom. The maximum Gasteiger partial charge on any atom is 0.0547 e. The molecule has 1 rings (SSSR count). The molecular weight excluding hydrogens is 324 g/mol. The van der Waals surface area contributed by atoms with Gasteiger partial charge in [0, 0.05) is 26.7 Å². The van der Waals surface area contributed by atoms with E-state index in [1.54, 1.807) is 0 Å². The molecule has 0 spiro atoms.